The molecule has 0 spiro atoms. The zero-order valence-corrected chi connectivity index (χ0v) is 21.3. The first-order chi connectivity index (χ1) is 16.6. The predicted molar refractivity (Wildman–Crippen MR) is 128 cm³/mol. The van der Waals surface area contributed by atoms with Gasteiger partial charge >= 0.3 is 12.1 Å². The number of alkyl carbamates (subject to hydrolysis) is 1. The van der Waals surface area contributed by atoms with Crippen LogP contribution in [0.5, 0.6) is 0 Å². The van der Waals surface area contributed by atoms with Crippen LogP contribution < -0.4 is 11.1 Å². The van der Waals surface area contributed by atoms with Gasteiger partial charge in [-0.05, 0) is 44.7 Å². The van der Waals surface area contributed by atoms with Crippen molar-refractivity contribution in [2.75, 3.05) is 12.3 Å². The lowest BCUT2D eigenvalue weighted by Gasteiger charge is -2.31. The molecule has 1 aliphatic rings. The molecule has 0 unspecified atom stereocenters. The van der Waals surface area contributed by atoms with E-state index in [1.165, 1.54) is 10.8 Å². The largest absolute Gasteiger partial charge is 0.464 e. The number of aliphatic hydroxyl groups is 2. The van der Waals surface area contributed by atoms with Crippen molar-refractivity contribution in [2.24, 2.45) is 11.3 Å². The van der Waals surface area contributed by atoms with Crippen LogP contribution in [0, 0.1) is 22.7 Å². The van der Waals surface area contributed by atoms with Crippen LogP contribution >= 0.6 is 0 Å². The van der Waals surface area contributed by atoms with Gasteiger partial charge in [0, 0.05) is 5.92 Å². The molecule has 1 amide bonds. The maximum atomic E-state index is 13.0. The topological polar surface area (TPSA) is 185 Å². The molecule has 2 aromatic heterocycles. The van der Waals surface area contributed by atoms with Gasteiger partial charge < -0.3 is 30.7 Å². The number of aliphatic hydroxyl groups excluding tert-OH is 2. The summed E-state index contributed by atoms with van der Waals surface area (Å²) in [6, 6.07) is 4.34. The van der Waals surface area contributed by atoms with Gasteiger partial charge in [0.2, 0.25) is 0 Å². The molecule has 5 N–H and O–H groups in total. The van der Waals surface area contributed by atoms with Gasteiger partial charge in [-0.15, -0.1) is 0 Å². The molecule has 3 rings (SSSR count). The van der Waals surface area contributed by atoms with Gasteiger partial charge in [0.1, 0.15) is 35.0 Å². The van der Waals surface area contributed by atoms with E-state index in [-0.39, 0.29) is 18.8 Å². The Morgan fingerprint density at radius 3 is 2.56 bits per heavy atom. The summed E-state index contributed by atoms with van der Waals surface area (Å²) in [6.45, 7) is 10.1. The normalized spacial score (nSPS) is 25.2. The monoisotopic (exact) mass is 502 g/mol. The van der Waals surface area contributed by atoms with Crippen LogP contribution in [0.4, 0.5) is 10.6 Å². The molecule has 1 saturated carbocycles. The first-order valence-electron chi connectivity index (χ1n) is 11.6. The third kappa shape index (κ3) is 5.22. The molecule has 2 heterocycles. The van der Waals surface area contributed by atoms with Crippen molar-refractivity contribution in [1.29, 1.82) is 5.26 Å². The lowest BCUT2D eigenvalue weighted by Crippen LogP contribution is -2.51. The molecule has 0 bridgehead atoms. The Hall–Kier alpha value is -3.43. The van der Waals surface area contributed by atoms with E-state index in [2.05, 4.69) is 21.5 Å². The van der Waals surface area contributed by atoms with Crippen molar-refractivity contribution in [3.63, 3.8) is 0 Å². The third-order valence-corrected chi connectivity index (χ3v) is 6.24. The molecule has 2 aromatic rings. The molecule has 0 radical (unpaired) electrons. The summed E-state index contributed by atoms with van der Waals surface area (Å²) in [6.07, 6.45) is -2.36. The first-order valence-corrected chi connectivity index (χ1v) is 11.6. The molecular weight excluding hydrogens is 468 g/mol. The number of rotatable bonds is 5. The minimum absolute atomic E-state index is 0.00515. The number of carbonyl (C=O) groups is 2. The van der Waals surface area contributed by atoms with E-state index in [0.717, 1.165) is 0 Å². The van der Waals surface area contributed by atoms with Crippen LogP contribution in [-0.4, -0.2) is 67.3 Å². The highest BCUT2D eigenvalue weighted by Crippen LogP contribution is 2.45. The second-order valence-corrected chi connectivity index (χ2v) is 11.2. The minimum atomic E-state index is -1.53. The molecule has 196 valence electrons. The van der Waals surface area contributed by atoms with E-state index in [4.69, 9.17) is 15.2 Å². The highest BCUT2D eigenvalue weighted by atomic mass is 16.6. The number of nitrogens with one attached hydrogen (secondary N) is 1. The Labute approximate surface area is 209 Å². The SMILES string of the molecule is CC(C)(C)OC(=O)N[C@@H](C(=O)OC[C@H]1C[C@@](C#N)(c2ccc3c(N)ncnn23)[C@H](O)[C@@H]1O)C(C)(C)C. The Kier molecular flexibility index (Phi) is 7.21. The standard InChI is InChI=1S/C24H34N6O6/c1-22(2,3)17(29-21(34)36-23(4,5)6)20(33)35-10-13-9-24(11-25,18(32)16(13)31)15-8-7-14-19(26)27-12-28-30(14)15/h7-8,12-13,16-18,31-32H,9-10H2,1-6H3,(H,29,34)(H2,26,27,28)/t13-,16-,17+,18-,24-/m1/s1. The molecule has 36 heavy (non-hydrogen) atoms. The van der Waals surface area contributed by atoms with Crippen LogP contribution in [0.2, 0.25) is 0 Å². The van der Waals surface area contributed by atoms with Crippen LogP contribution in [0.25, 0.3) is 5.52 Å². The number of anilines is 1. The zero-order chi connectivity index (χ0) is 27.1. The number of nitrogen functional groups attached to an aromatic ring is 1. The van der Waals surface area contributed by atoms with E-state index >= 15 is 0 Å². The minimum Gasteiger partial charge on any atom is -0.464 e. The number of ether oxygens (including phenoxy) is 2. The smallest absolute Gasteiger partial charge is 0.408 e. The fourth-order valence-corrected chi connectivity index (χ4v) is 4.40. The van der Waals surface area contributed by atoms with Crippen molar-refractivity contribution in [1.82, 2.24) is 19.9 Å². The molecule has 0 aliphatic heterocycles. The molecule has 0 saturated heterocycles. The Balaban J connectivity index is 1.78. The number of nitrogens with two attached hydrogens (primary N) is 1. The average molecular weight is 503 g/mol. The van der Waals surface area contributed by atoms with E-state index < -0.39 is 52.7 Å². The van der Waals surface area contributed by atoms with E-state index in [1.54, 1.807) is 53.7 Å². The summed E-state index contributed by atoms with van der Waals surface area (Å²) >= 11 is 0. The molecule has 5 atom stereocenters. The van der Waals surface area contributed by atoms with Crippen molar-refractivity contribution >= 4 is 23.4 Å². The number of nitriles is 1. The van der Waals surface area contributed by atoms with Crippen molar-refractivity contribution < 1.29 is 29.3 Å². The molecule has 1 fully saturated rings. The second-order valence-electron chi connectivity index (χ2n) is 11.2. The lowest BCUT2D eigenvalue weighted by molar-refractivity contribution is -0.151. The summed E-state index contributed by atoms with van der Waals surface area (Å²) in [5.74, 6) is -1.28. The number of fused-ring (bicyclic) bond motifs is 1. The van der Waals surface area contributed by atoms with Crippen molar-refractivity contribution in [3.05, 3.63) is 24.2 Å². The van der Waals surface area contributed by atoms with Gasteiger partial charge in [-0.3, -0.25) is 0 Å². The number of aromatic nitrogens is 3. The molecular formula is C24H34N6O6. The highest BCUT2D eigenvalue weighted by molar-refractivity contribution is 5.82. The van der Waals surface area contributed by atoms with Crippen LogP contribution in [-0.2, 0) is 19.7 Å². The molecule has 12 nitrogen and oxygen atoms in total. The van der Waals surface area contributed by atoms with Crippen LogP contribution in [0.1, 0.15) is 53.7 Å². The molecule has 12 heteroatoms. The number of esters is 1. The number of nitrogens with zero attached hydrogens (tertiary/aromatic N) is 4. The number of hydrogen-bond donors (Lipinski definition) is 4. The number of carbonyl (C=O) groups excluding carboxylic acids is 2. The first kappa shape index (κ1) is 27.2. The van der Waals surface area contributed by atoms with Crippen LogP contribution in [0.15, 0.2) is 18.5 Å². The quantitative estimate of drug-likeness (QED) is 0.434. The zero-order valence-electron chi connectivity index (χ0n) is 21.3. The van der Waals surface area contributed by atoms with Crippen molar-refractivity contribution in [3.8, 4) is 6.07 Å². The van der Waals surface area contributed by atoms with E-state index in [1.807, 2.05) is 0 Å². The summed E-state index contributed by atoms with van der Waals surface area (Å²) in [5.41, 5.74) is 3.71. The summed E-state index contributed by atoms with van der Waals surface area (Å²) in [7, 11) is 0. The predicted octanol–water partition coefficient (Wildman–Crippen LogP) is 1.30. The fourth-order valence-electron chi connectivity index (χ4n) is 4.40. The van der Waals surface area contributed by atoms with Gasteiger partial charge in [-0.25, -0.2) is 19.1 Å². The summed E-state index contributed by atoms with van der Waals surface area (Å²) in [5, 5.41) is 38.5. The third-order valence-electron chi connectivity index (χ3n) is 6.24. The summed E-state index contributed by atoms with van der Waals surface area (Å²) in [4.78, 5) is 29.2. The maximum Gasteiger partial charge on any atom is 0.408 e. The Bertz CT molecular complexity index is 1180. The molecule has 0 aromatic carbocycles. The van der Waals surface area contributed by atoms with Gasteiger partial charge in [-0.1, -0.05) is 20.8 Å². The van der Waals surface area contributed by atoms with E-state index in [0.29, 0.717) is 11.2 Å². The van der Waals surface area contributed by atoms with Crippen LogP contribution in [0.3, 0.4) is 0 Å². The Morgan fingerprint density at radius 1 is 1.31 bits per heavy atom. The van der Waals surface area contributed by atoms with Gasteiger partial charge in [0.15, 0.2) is 5.82 Å². The summed E-state index contributed by atoms with van der Waals surface area (Å²) < 4.78 is 12.2. The lowest BCUT2D eigenvalue weighted by atomic mass is 9.81. The maximum absolute atomic E-state index is 13.0. The van der Waals surface area contributed by atoms with E-state index in [9.17, 15) is 25.1 Å². The molecule has 1 aliphatic carbocycles. The fraction of sp³-hybridized carbons (Fsp3) is 0.625. The highest BCUT2D eigenvalue weighted by Gasteiger charge is 2.56. The average Bonchev–Trinajstić information content (AvgIpc) is 3.30. The Morgan fingerprint density at radius 2 is 1.97 bits per heavy atom. The second kappa shape index (κ2) is 9.55. The number of amides is 1. The van der Waals surface area contributed by atoms with Gasteiger partial charge in [0.25, 0.3) is 0 Å². The van der Waals surface area contributed by atoms with Gasteiger partial charge in [0.05, 0.1) is 24.5 Å². The van der Waals surface area contributed by atoms with Crippen molar-refractivity contribution in [2.45, 2.75) is 77.2 Å². The number of hydrogen-bond acceptors (Lipinski definition) is 10. The van der Waals surface area contributed by atoms with Gasteiger partial charge in [-0.2, -0.15) is 10.4 Å².